The van der Waals surface area contributed by atoms with Gasteiger partial charge in [0.2, 0.25) is 5.88 Å². The highest BCUT2D eigenvalue weighted by molar-refractivity contribution is 14.0. The van der Waals surface area contributed by atoms with Gasteiger partial charge >= 0.3 is 0 Å². The largest absolute Gasteiger partial charge is 0.439 e. The van der Waals surface area contributed by atoms with Crippen LogP contribution in [-0.4, -0.2) is 42.4 Å². The molecule has 0 saturated heterocycles. The first kappa shape index (κ1) is 27.0. The van der Waals surface area contributed by atoms with Crippen LogP contribution in [0.1, 0.15) is 28.4 Å². The predicted octanol–water partition coefficient (Wildman–Crippen LogP) is 4.59. The maximum Gasteiger partial charge on any atom is 0.253 e. The number of carbonyl (C=O) groups is 1. The highest BCUT2D eigenvalue weighted by Crippen LogP contribution is 2.20. The number of amides is 1. The van der Waals surface area contributed by atoms with E-state index in [0.29, 0.717) is 36.2 Å². The summed E-state index contributed by atoms with van der Waals surface area (Å²) < 4.78 is 18.8. The molecule has 1 aromatic heterocycles. The molecule has 0 atom stereocenters. The van der Waals surface area contributed by atoms with Crippen LogP contribution in [0.5, 0.6) is 11.6 Å². The third kappa shape index (κ3) is 8.29. The van der Waals surface area contributed by atoms with Crippen molar-refractivity contribution in [1.82, 2.24) is 20.5 Å². The molecule has 1 amide bonds. The monoisotopic (exact) mass is 577 g/mol. The van der Waals surface area contributed by atoms with Crippen molar-refractivity contribution in [1.29, 1.82) is 0 Å². The standard InChI is InChI=1S/C25H28FN5O2.HI/c1-4-27-25(29-16-18-5-7-20(8-6-18)24(32)31(2)3)30-17-19-13-14-28-23(15-19)33-22-11-9-21(26)10-12-22;/h5-15H,4,16-17H2,1-3H3,(H2,27,29,30);1H. The fourth-order valence-electron chi connectivity index (χ4n) is 2.95. The maximum atomic E-state index is 13.1. The molecule has 0 aliphatic heterocycles. The van der Waals surface area contributed by atoms with Crippen LogP contribution in [0.15, 0.2) is 71.9 Å². The van der Waals surface area contributed by atoms with Gasteiger partial charge in [0.15, 0.2) is 5.96 Å². The van der Waals surface area contributed by atoms with E-state index in [1.165, 1.54) is 12.1 Å². The first-order chi connectivity index (χ1) is 15.9. The fraction of sp³-hybridized carbons (Fsp3) is 0.240. The Hall–Kier alpha value is -3.21. The minimum atomic E-state index is -0.320. The minimum absolute atomic E-state index is 0. The Balaban J connectivity index is 0.00000408. The van der Waals surface area contributed by atoms with Crippen molar-refractivity contribution < 1.29 is 13.9 Å². The Morgan fingerprint density at radius 3 is 2.38 bits per heavy atom. The van der Waals surface area contributed by atoms with Crippen molar-refractivity contribution in [2.45, 2.75) is 20.0 Å². The third-order valence-electron chi connectivity index (χ3n) is 4.67. The zero-order valence-electron chi connectivity index (χ0n) is 19.4. The van der Waals surface area contributed by atoms with E-state index in [2.05, 4.69) is 20.6 Å². The van der Waals surface area contributed by atoms with Crippen molar-refractivity contribution in [2.24, 2.45) is 4.99 Å². The van der Waals surface area contributed by atoms with Crippen molar-refractivity contribution in [3.8, 4) is 11.6 Å². The molecule has 0 fully saturated rings. The molecule has 3 aromatic rings. The van der Waals surface area contributed by atoms with Crippen molar-refractivity contribution in [3.05, 3.63) is 89.4 Å². The number of guanidine groups is 1. The zero-order chi connectivity index (χ0) is 23.6. The van der Waals surface area contributed by atoms with Crippen LogP contribution < -0.4 is 15.4 Å². The lowest BCUT2D eigenvalue weighted by Crippen LogP contribution is -2.36. The van der Waals surface area contributed by atoms with Gasteiger partial charge in [-0.25, -0.2) is 14.4 Å². The molecule has 1 heterocycles. The van der Waals surface area contributed by atoms with Crippen LogP contribution >= 0.6 is 24.0 Å². The second kappa shape index (κ2) is 13.5. The Bertz CT molecular complexity index is 1090. The maximum absolute atomic E-state index is 13.1. The van der Waals surface area contributed by atoms with Crippen LogP contribution in [0.3, 0.4) is 0 Å². The van der Waals surface area contributed by atoms with Crippen LogP contribution in [-0.2, 0) is 13.1 Å². The number of carbonyl (C=O) groups excluding carboxylic acids is 1. The molecule has 2 N–H and O–H groups in total. The molecule has 2 aromatic carbocycles. The lowest BCUT2D eigenvalue weighted by Gasteiger charge is -2.13. The van der Waals surface area contributed by atoms with Gasteiger partial charge in [0.25, 0.3) is 5.91 Å². The number of aromatic nitrogens is 1. The molecular formula is C25H29FIN5O2. The second-order valence-corrected chi connectivity index (χ2v) is 7.50. The lowest BCUT2D eigenvalue weighted by molar-refractivity contribution is 0.0827. The molecule has 34 heavy (non-hydrogen) atoms. The van der Waals surface area contributed by atoms with Crippen LogP contribution in [0.4, 0.5) is 4.39 Å². The highest BCUT2D eigenvalue weighted by Gasteiger charge is 2.07. The lowest BCUT2D eigenvalue weighted by atomic mass is 10.1. The Labute approximate surface area is 216 Å². The van der Waals surface area contributed by atoms with E-state index in [1.54, 1.807) is 43.4 Å². The van der Waals surface area contributed by atoms with E-state index < -0.39 is 0 Å². The Morgan fingerprint density at radius 2 is 1.74 bits per heavy atom. The fourth-order valence-corrected chi connectivity index (χ4v) is 2.95. The molecule has 0 aliphatic rings. The summed E-state index contributed by atoms with van der Waals surface area (Å²) in [6, 6.07) is 16.9. The Morgan fingerprint density at radius 1 is 1.03 bits per heavy atom. The summed E-state index contributed by atoms with van der Waals surface area (Å²) >= 11 is 0. The van der Waals surface area contributed by atoms with E-state index in [-0.39, 0.29) is 35.7 Å². The van der Waals surface area contributed by atoms with Gasteiger partial charge in [0.05, 0.1) is 6.54 Å². The number of aliphatic imine (C=N–C) groups is 1. The summed E-state index contributed by atoms with van der Waals surface area (Å²) in [5.74, 6) is 1.26. The first-order valence-corrected chi connectivity index (χ1v) is 10.7. The number of rotatable bonds is 8. The smallest absolute Gasteiger partial charge is 0.253 e. The summed E-state index contributed by atoms with van der Waals surface area (Å²) in [7, 11) is 3.47. The third-order valence-corrected chi connectivity index (χ3v) is 4.67. The molecule has 180 valence electrons. The Kier molecular flexibility index (Phi) is 10.7. The van der Waals surface area contributed by atoms with Gasteiger partial charge in [-0.15, -0.1) is 24.0 Å². The quantitative estimate of drug-likeness (QED) is 0.233. The van der Waals surface area contributed by atoms with Gasteiger partial charge in [-0.05, 0) is 60.5 Å². The average Bonchev–Trinajstić information content (AvgIpc) is 2.82. The van der Waals surface area contributed by atoms with Gasteiger partial charge in [-0.3, -0.25) is 4.79 Å². The average molecular weight is 577 g/mol. The molecule has 0 saturated carbocycles. The van der Waals surface area contributed by atoms with Gasteiger partial charge in [-0.1, -0.05) is 12.1 Å². The first-order valence-electron chi connectivity index (χ1n) is 10.7. The molecule has 3 rings (SSSR count). The van der Waals surface area contributed by atoms with Gasteiger partial charge in [-0.2, -0.15) is 0 Å². The van der Waals surface area contributed by atoms with Crippen LogP contribution in [0, 0.1) is 5.82 Å². The number of nitrogens with one attached hydrogen (secondary N) is 2. The van der Waals surface area contributed by atoms with Gasteiger partial charge in [0.1, 0.15) is 11.6 Å². The van der Waals surface area contributed by atoms with E-state index in [1.807, 2.05) is 37.3 Å². The number of hydrogen-bond acceptors (Lipinski definition) is 4. The summed E-state index contributed by atoms with van der Waals surface area (Å²) in [6.07, 6.45) is 1.65. The van der Waals surface area contributed by atoms with Crippen molar-refractivity contribution in [2.75, 3.05) is 20.6 Å². The predicted molar refractivity (Wildman–Crippen MR) is 142 cm³/mol. The number of halogens is 2. The second-order valence-electron chi connectivity index (χ2n) is 7.50. The van der Waals surface area contributed by atoms with E-state index >= 15 is 0 Å². The van der Waals surface area contributed by atoms with E-state index in [9.17, 15) is 9.18 Å². The van der Waals surface area contributed by atoms with E-state index in [4.69, 9.17) is 4.74 Å². The topological polar surface area (TPSA) is 78.9 Å². The van der Waals surface area contributed by atoms with Crippen LogP contribution in [0.2, 0.25) is 0 Å². The number of hydrogen-bond donors (Lipinski definition) is 2. The molecule has 0 radical (unpaired) electrons. The highest BCUT2D eigenvalue weighted by atomic mass is 127. The van der Waals surface area contributed by atoms with E-state index in [0.717, 1.165) is 17.7 Å². The molecule has 0 unspecified atom stereocenters. The van der Waals surface area contributed by atoms with Gasteiger partial charge in [0, 0.05) is 45.0 Å². The zero-order valence-corrected chi connectivity index (χ0v) is 21.7. The molecule has 0 aliphatic carbocycles. The minimum Gasteiger partial charge on any atom is -0.439 e. The number of benzene rings is 2. The van der Waals surface area contributed by atoms with Crippen LogP contribution in [0.25, 0.3) is 0 Å². The SMILES string of the molecule is CCNC(=NCc1ccnc(Oc2ccc(F)cc2)c1)NCc1ccc(C(=O)N(C)C)cc1.I. The van der Waals surface area contributed by atoms with Crippen molar-refractivity contribution in [3.63, 3.8) is 0 Å². The normalized spacial score (nSPS) is 10.8. The number of ether oxygens (including phenoxy) is 1. The number of nitrogens with zero attached hydrogens (tertiary/aromatic N) is 3. The summed E-state index contributed by atoms with van der Waals surface area (Å²) in [5.41, 5.74) is 2.61. The summed E-state index contributed by atoms with van der Waals surface area (Å²) in [5, 5.41) is 6.52. The molecule has 0 spiro atoms. The summed E-state index contributed by atoms with van der Waals surface area (Å²) in [6.45, 7) is 3.71. The molecule has 9 heteroatoms. The summed E-state index contributed by atoms with van der Waals surface area (Å²) in [4.78, 5) is 22.4. The van der Waals surface area contributed by atoms with Crippen molar-refractivity contribution >= 4 is 35.8 Å². The molecule has 7 nitrogen and oxygen atoms in total. The molecule has 0 bridgehead atoms. The molecular weight excluding hydrogens is 548 g/mol. The number of pyridine rings is 1. The van der Waals surface area contributed by atoms with Gasteiger partial charge < -0.3 is 20.3 Å².